The highest BCUT2D eigenvalue weighted by molar-refractivity contribution is 9.10. The maximum atomic E-state index is 5.52. The molecule has 2 aromatic rings. The Labute approximate surface area is 125 Å². The molecule has 1 heterocycles. The molecule has 1 aromatic heterocycles. The molecule has 0 radical (unpaired) electrons. The van der Waals surface area contributed by atoms with Gasteiger partial charge in [-0.3, -0.25) is 4.98 Å². The molecule has 1 N–H and O–H groups in total. The highest BCUT2D eigenvalue weighted by atomic mass is 79.9. The van der Waals surface area contributed by atoms with Crippen LogP contribution in [0.4, 0.5) is 0 Å². The first-order valence-electron chi connectivity index (χ1n) is 5.72. The third-order valence-electron chi connectivity index (χ3n) is 2.43. The first kappa shape index (κ1) is 14.1. The standard InChI is InChI=1S/C14H13BrN2OS/c1-2-5-18-14-4-3-12(15)6-11(14)7-16-8-13-9-17-10-19-13/h1,3-4,6,9-10,16H,5,7-8H2. The van der Waals surface area contributed by atoms with Crippen LogP contribution in [0.5, 0.6) is 5.75 Å². The number of terminal acetylenes is 1. The van der Waals surface area contributed by atoms with Crippen LogP contribution in [-0.4, -0.2) is 11.6 Å². The fraction of sp³-hybridized carbons (Fsp3) is 0.214. The maximum absolute atomic E-state index is 5.52. The van der Waals surface area contributed by atoms with Crippen molar-refractivity contribution in [3.8, 4) is 18.1 Å². The van der Waals surface area contributed by atoms with E-state index in [2.05, 4.69) is 32.2 Å². The molecular weight excluding hydrogens is 324 g/mol. The molecule has 0 saturated heterocycles. The van der Waals surface area contributed by atoms with E-state index in [4.69, 9.17) is 11.2 Å². The van der Waals surface area contributed by atoms with Crippen LogP contribution in [0.25, 0.3) is 0 Å². The summed E-state index contributed by atoms with van der Waals surface area (Å²) < 4.78 is 6.55. The third kappa shape index (κ3) is 4.35. The molecule has 0 amide bonds. The molecule has 0 unspecified atom stereocenters. The predicted molar refractivity (Wildman–Crippen MR) is 81.1 cm³/mol. The van der Waals surface area contributed by atoms with Gasteiger partial charge >= 0.3 is 0 Å². The summed E-state index contributed by atoms with van der Waals surface area (Å²) in [6, 6.07) is 5.90. The first-order chi connectivity index (χ1) is 9.29. The van der Waals surface area contributed by atoms with Gasteiger partial charge in [0.15, 0.2) is 0 Å². The van der Waals surface area contributed by atoms with E-state index >= 15 is 0 Å². The fourth-order valence-electron chi connectivity index (χ4n) is 1.60. The van der Waals surface area contributed by atoms with Crippen molar-refractivity contribution in [1.82, 2.24) is 10.3 Å². The van der Waals surface area contributed by atoms with Crippen molar-refractivity contribution in [1.29, 1.82) is 0 Å². The van der Waals surface area contributed by atoms with Gasteiger partial charge in [0.25, 0.3) is 0 Å². The van der Waals surface area contributed by atoms with Crippen LogP contribution >= 0.6 is 27.3 Å². The summed E-state index contributed by atoms with van der Waals surface area (Å²) >= 11 is 5.10. The van der Waals surface area contributed by atoms with Crippen LogP contribution in [-0.2, 0) is 13.1 Å². The van der Waals surface area contributed by atoms with Crippen molar-refractivity contribution in [2.24, 2.45) is 0 Å². The van der Waals surface area contributed by atoms with Crippen molar-refractivity contribution >= 4 is 27.3 Å². The minimum absolute atomic E-state index is 0.281. The molecule has 0 bridgehead atoms. The van der Waals surface area contributed by atoms with Crippen LogP contribution < -0.4 is 10.1 Å². The molecule has 1 aromatic carbocycles. The number of hydrogen-bond donors (Lipinski definition) is 1. The smallest absolute Gasteiger partial charge is 0.148 e. The summed E-state index contributed by atoms with van der Waals surface area (Å²) in [6.07, 6.45) is 7.08. The van der Waals surface area contributed by atoms with E-state index in [1.165, 1.54) is 4.88 Å². The summed E-state index contributed by atoms with van der Waals surface area (Å²) in [4.78, 5) is 5.25. The molecule has 0 fully saturated rings. The van der Waals surface area contributed by atoms with E-state index in [1.807, 2.05) is 29.9 Å². The van der Waals surface area contributed by atoms with Gasteiger partial charge in [0, 0.05) is 34.2 Å². The van der Waals surface area contributed by atoms with Crippen LogP contribution in [0.15, 0.2) is 34.4 Å². The third-order valence-corrected chi connectivity index (χ3v) is 3.70. The molecule has 0 aliphatic carbocycles. The molecule has 0 spiro atoms. The maximum Gasteiger partial charge on any atom is 0.148 e. The topological polar surface area (TPSA) is 34.1 Å². The Hall–Kier alpha value is -1.35. The number of hydrogen-bond acceptors (Lipinski definition) is 4. The van der Waals surface area contributed by atoms with Gasteiger partial charge in [-0.05, 0) is 18.2 Å². The van der Waals surface area contributed by atoms with Crippen molar-refractivity contribution in [2.45, 2.75) is 13.1 Å². The molecule has 19 heavy (non-hydrogen) atoms. The van der Waals surface area contributed by atoms with Crippen molar-refractivity contribution in [2.75, 3.05) is 6.61 Å². The SMILES string of the molecule is C#CCOc1ccc(Br)cc1CNCc1cncs1. The molecular formula is C14H13BrN2OS. The van der Waals surface area contributed by atoms with Gasteiger partial charge < -0.3 is 10.1 Å². The zero-order chi connectivity index (χ0) is 13.5. The highest BCUT2D eigenvalue weighted by Crippen LogP contribution is 2.23. The number of rotatable bonds is 6. The minimum Gasteiger partial charge on any atom is -0.481 e. The molecule has 0 atom stereocenters. The lowest BCUT2D eigenvalue weighted by atomic mass is 10.2. The van der Waals surface area contributed by atoms with Crippen LogP contribution in [0.2, 0.25) is 0 Å². The minimum atomic E-state index is 0.281. The lowest BCUT2D eigenvalue weighted by Crippen LogP contribution is -2.13. The highest BCUT2D eigenvalue weighted by Gasteiger charge is 2.04. The Morgan fingerprint density at radius 2 is 2.32 bits per heavy atom. The quantitative estimate of drug-likeness (QED) is 0.822. The molecule has 3 nitrogen and oxygen atoms in total. The largest absolute Gasteiger partial charge is 0.481 e. The number of thiazole rings is 1. The van der Waals surface area contributed by atoms with E-state index in [0.29, 0.717) is 0 Å². The second-order valence-corrected chi connectivity index (χ2v) is 5.70. The molecule has 0 aliphatic heterocycles. The summed E-state index contributed by atoms with van der Waals surface area (Å²) in [5.41, 5.74) is 2.91. The van der Waals surface area contributed by atoms with E-state index in [0.717, 1.165) is 28.9 Å². The van der Waals surface area contributed by atoms with Crippen LogP contribution in [0.1, 0.15) is 10.4 Å². The number of benzene rings is 1. The van der Waals surface area contributed by atoms with E-state index in [1.54, 1.807) is 11.3 Å². The van der Waals surface area contributed by atoms with E-state index in [9.17, 15) is 0 Å². The Balaban J connectivity index is 1.97. The van der Waals surface area contributed by atoms with Gasteiger partial charge in [-0.2, -0.15) is 0 Å². The fourth-order valence-corrected chi connectivity index (χ4v) is 2.57. The van der Waals surface area contributed by atoms with Gasteiger partial charge in [0.1, 0.15) is 12.4 Å². The van der Waals surface area contributed by atoms with Gasteiger partial charge in [-0.15, -0.1) is 17.8 Å². The number of nitrogens with one attached hydrogen (secondary N) is 1. The molecule has 98 valence electrons. The predicted octanol–water partition coefficient (Wildman–Crippen LogP) is 3.21. The van der Waals surface area contributed by atoms with Gasteiger partial charge in [-0.1, -0.05) is 21.9 Å². The number of halogens is 1. The van der Waals surface area contributed by atoms with E-state index in [-0.39, 0.29) is 6.61 Å². The van der Waals surface area contributed by atoms with Crippen molar-refractivity contribution in [3.05, 3.63) is 44.8 Å². The molecule has 0 saturated carbocycles. The van der Waals surface area contributed by atoms with Crippen molar-refractivity contribution < 1.29 is 4.74 Å². The normalized spacial score (nSPS) is 10.1. The second-order valence-electron chi connectivity index (χ2n) is 3.82. The molecule has 2 rings (SSSR count). The Kier molecular flexibility index (Phi) is 5.40. The Morgan fingerprint density at radius 3 is 3.05 bits per heavy atom. The van der Waals surface area contributed by atoms with Crippen LogP contribution in [0, 0.1) is 12.3 Å². The van der Waals surface area contributed by atoms with Crippen molar-refractivity contribution in [3.63, 3.8) is 0 Å². The number of nitrogens with zero attached hydrogens (tertiary/aromatic N) is 1. The lowest BCUT2D eigenvalue weighted by molar-refractivity contribution is 0.364. The van der Waals surface area contributed by atoms with Gasteiger partial charge in [0.2, 0.25) is 0 Å². The second kappa shape index (κ2) is 7.29. The average Bonchev–Trinajstić information content (AvgIpc) is 2.91. The summed E-state index contributed by atoms with van der Waals surface area (Å²) in [5.74, 6) is 3.29. The van der Waals surface area contributed by atoms with Crippen LogP contribution in [0.3, 0.4) is 0 Å². The zero-order valence-electron chi connectivity index (χ0n) is 10.2. The molecule has 0 aliphatic rings. The van der Waals surface area contributed by atoms with Gasteiger partial charge in [-0.25, -0.2) is 0 Å². The Bertz CT molecular complexity index is 563. The first-order valence-corrected chi connectivity index (χ1v) is 7.39. The number of ether oxygens (including phenoxy) is 1. The molecule has 5 heteroatoms. The Morgan fingerprint density at radius 1 is 1.42 bits per heavy atom. The lowest BCUT2D eigenvalue weighted by Gasteiger charge is -2.11. The summed E-state index contributed by atoms with van der Waals surface area (Å²) in [5, 5.41) is 3.37. The van der Waals surface area contributed by atoms with E-state index < -0.39 is 0 Å². The monoisotopic (exact) mass is 336 g/mol. The summed E-state index contributed by atoms with van der Waals surface area (Å²) in [7, 11) is 0. The summed E-state index contributed by atoms with van der Waals surface area (Å²) in [6.45, 7) is 1.80. The van der Waals surface area contributed by atoms with Gasteiger partial charge in [0.05, 0.1) is 5.51 Å². The number of aromatic nitrogens is 1. The average molecular weight is 337 g/mol. The zero-order valence-corrected chi connectivity index (χ0v) is 12.6.